The first kappa shape index (κ1) is 17.3. The predicted octanol–water partition coefficient (Wildman–Crippen LogP) is 4.42. The Bertz CT molecular complexity index is 823. The van der Waals surface area contributed by atoms with Crippen molar-refractivity contribution in [3.8, 4) is 11.5 Å². The summed E-state index contributed by atoms with van der Waals surface area (Å²) in [5.41, 5.74) is 7.95. The summed E-state index contributed by atoms with van der Waals surface area (Å²) in [6, 6.07) is 14.0. The molecule has 25 heavy (non-hydrogen) atoms. The fourth-order valence-corrected chi connectivity index (χ4v) is 2.75. The van der Waals surface area contributed by atoms with Gasteiger partial charge in [-0.1, -0.05) is 26.0 Å². The first-order valence-corrected chi connectivity index (χ1v) is 8.70. The van der Waals surface area contributed by atoms with Gasteiger partial charge in [0.05, 0.1) is 5.52 Å². The Balaban J connectivity index is 1.61. The molecular formula is C20H26N4O. The summed E-state index contributed by atoms with van der Waals surface area (Å²) in [7, 11) is 2.16. The van der Waals surface area contributed by atoms with Crippen LogP contribution in [0.4, 0.5) is 5.82 Å². The van der Waals surface area contributed by atoms with E-state index in [1.54, 1.807) is 0 Å². The second-order valence-corrected chi connectivity index (χ2v) is 6.98. The van der Waals surface area contributed by atoms with E-state index in [0.717, 1.165) is 41.4 Å². The fraction of sp³-hybridized carbons (Fsp3) is 0.350. The van der Waals surface area contributed by atoms with E-state index in [-0.39, 0.29) is 0 Å². The highest BCUT2D eigenvalue weighted by molar-refractivity contribution is 5.89. The van der Waals surface area contributed by atoms with Crippen molar-refractivity contribution in [3.63, 3.8) is 0 Å². The molecule has 3 N–H and O–H groups in total. The third-order valence-electron chi connectivity index (χ3n) is 4.26. The van der Waals surface area contributed by atoms with Crippen LogP contribution < -0.4 is 10.5 Å². The summed E-state index contributed by atoms with van der Waals surface area (Å²) in [4.78, 5) is 2.35. The van der Waals surface area contributed by atoms with E-state index < -0.39 is 0 Å². The van der Waals surface area contributed by atoms with Gasteiger partial charge < -0.3 is 15.4 Å². The van der Waals surface area contributed by atoms with Gasteiger partial charge in [0, 0.05) is 18.0 Å². The number of aromatic amines is 1. The number of fused-ring (bicyclic) bond motifs is 1. The van der Waals surface area contributed by atoms with E-state index in [2.05, 4.69) is 48.1 Å². The number of H-pyrrole nitrogens is 1. The predicted molar refractivity (Wildman–Crippen MR) is 103 cm³/mol. The van der Waals surface area contributed by atoms with Gasteiger partial charge in [0.25, 0.3) is 0 Å². The van der Waals surface area contributed by atoms with Crippen LogP contribution in [0.3, 0.4) is 0 Å². The van der Waals surface area contributed by atoms with E-state index in [1.165, 1.54) is 12.0 Å². The molecule has 5 heteroatoms. The minimum absolute atomic E-state index is 0.507. The number of nitrogens with one attached hydrogen (secondary N) is 1. The maximum absolute atomic E-state index is 5.93. The average Bonchev–Trinajstić information content (AvgIpc) is 2.95. The Morgan fingerprint density at radius 1 is 1.12 bits per heavy atom. The van der Waals surface area contributed by atoms with Crippen LogP contribution in [0.15, 0.2) is 42.5 Å². The second-order valence-electron chi connectivity index (χ2n) is 6.98. The molecule has 0 aliphatic heterocycles. The lowest BCUT2D eigenvalue weighted by Crippen LogP contribution is -2.20. The summed E-state index contributed by atoms with van der Waals surface area (Å²) in [6.45, 7) is 6.58. The molecule has 5 nitrogen and oxygen atoms in total. The van der Waals surface area contributed by atoms with Gasteiger partial charge in [0.2, 0.25) is 0 Å². The van der Waals surface area contributed by atoms with Crippen molar-refractivity contribution in [2.45, 2.75) is 26.8 Å². The molecule has 2 aromatic carbocycles. The molecule has 132 valence electrons. The number of nitrogen functional groups attached to an aromatic ring is 1. The van der Waals surface area contributed by atoms with Gasteiger partial charge in [-0.25, -0.2) is 0 Å². The lowest BCUT2D eigenvalue weighted by Gasteiger charge is -2.18. The van der Waals surface area contributed by atoms with Crippen LogP contribution in [-0.2, 0) is 6.54 Å². The average molecular weight is 338 g/mol. The van der Waals surface area contributed by atoms with Gasteiger partial charge in [-0.3, -0.25) is 5.10 Å². The lowest BCUT2D eigenvalue weighted by molar-refractivity contribution is 0.303. The number of hydrogen-bond donors (Lipinski definition) is 2. The van der Waals surface area contributed by atoms with Crippen molar-refractivity contribution < 1.29 is 4.74 Å². The number of anilines is 1. The number of benzene rings is 2. The molecule has 0 aliphatic rings. The summed E-state index contributed by atoms with van der Waals surface area (Å²) in [6.07, 6.45) is 1.22. The van der Waals surface area contributed by atoms with Crippen LogP contribution in [0.2, 0.25) is 0 Å². The molecule has 1 aromatic heterocycles. The van der Waals surface area contributed by atoms with E-state index >= 15 is 0 Å². The quantitative estimate of drug-likeness (QED) is 0.669. The normalized spacial score (nSPS) is 11.6. The third kappa shape index (κ3) is 4.51. The summed E-state index contributed by atoms with van der Waals surface area (Å²) in [5.74, 6) is 2.83. The second kappa shape index (κ2) is 7.57. The molecule has 3 aromatic rings. The van der Waals surface area contributed by atoms with Crippen molar-refractivity contribution in [2.75, 3.05) is 19.3 Å². The van der Waals surface area contributed by atoms with Crippen molar-refractivity contribution >= 4 is 16.7 Å². The first-order valence-electron chi connectivity index (χ1n) is 8.70. The van der Waals surface area contributed by atoms with Gasteiger partial charge in [-0.2, -0.15) is 5.10 Å². The van der Waals surface area contributed by atoms with E-state index in [0.29, 0.717) is 5.82 Å². The van der Waals surface area contributed by atoms with Gasteiger partial charge in [0.15, 0.2) is 5.82 Å². The molecule has 0 fully saturated rings. The van der Waals surface area contributed by atoms with Crippen LogP contribution >= 0.6 is 0 Å². The zero-order valence-electron chi connectivity index (χ0n) is 15.1. The minimum Gasteiger partial charge on any atom is -0.457 e. The number of nitrogens with two attached hydrogens (primary N) is 1. The Morgan fingerprint density at radius 3 is 2.56 bits per heavy atom. The monoisotopic (exact) mass is 338 g/mol. The maximum atomic E-state index is 5.93. The molecule has 0 aliphatic carbocycles. The van der Waals surface area contributed by atoms with Gasteiger partial charge in [0.1, 0.15) is 11.5 Å². The van der Waals surface area contributed by atoms with E-state index in [9.17, 15) is 0 Å². The van der Waals surface area contributed by atoms with Gasteiger partial charge in [-0.15, -0.1) is 0 Å². The lowest BCUT2D eigenvalue weighted by atomic mass is 10.1. The molecule has 0 radical (unpaired) electrons. The van der Waals surface area contributed by atoms with Crippen molar-refractivity contribution in [1.29, 1.82) is 0 Å². The van der Waals surface area contributed by atoms with Gasteiger partial charge >= 0.3 is 0 Å². The summed E-state index contributed by atoms with van der Waals surface area (Å²) >= 11 is 0. The van der Waals surface area contributed by atoms with Crippen LogP contribution in [0.25, 0.3) is 10.9 Å². The Kier molecular flexibility index (Phi) is 5.24. The minimum atomic E-state index is 0.507. The number of hydrogen-bond acceptors (Lipinski definition) is 4. The Labute approximate surface area is 148 Å². The van der Waals surface area contributed by atoms with E-state index in [1.807, 2.05) is 30.3 Å². The number of nitrogens with zero attached hydrogens (tertiary/aromatic N) is 2. The molecule has 0 amide bonds. The maximum Gasteiger partial charge on any atom is 0.153 e. The zero-order chi connectivity index (χ0) is 17.8. The number of rotatable bonds is 7. The molecule has 3 rings (SSSR count). The number of aromatic nitrogens is 2. The highest BCUT2D eigenvalue weighted by Gasteiger charge is 2.06. The Morgan fingerprint density at radius 2 is 1.84 bits per heavy atom. The topological polar surface area (TPSA) is 67.2 Å². The molecule has 0 spiro atoms. The zero-order valence-corrected chi connectivity index (χ0v) is 15.1. The fourth-order valence-electron chi connectivity index (χ4n) is 2.75. The van der Waals surface area contributed by atoms with E-state index in [4.69, 9.17) is 10.5 Å². The number of ether oxygens (including phenoxy) is 1. The largest absolute Gasteiger partial charge is 0.457 e. The molecule has 0 atom stereocenters. The summed E-state index contributed by atoms with van der Waals surface area (Å²) < 4.78 is 5.93. The highest BCUT2D eigenvalue weighted by atomic mass is 16.5. The molecular weight excluding hydrogens is 312 g/mol. The highest BCUT2D eigenvalue weighted by Crippen LogP contribution is 2.27. The molecule has 0 saturated carbocycles. The standard InChI is InChI=1S/C20H26N4O/c1-14(2)10-11-24(3)13-15-4-6-16(7-5-15)25-17-8-9-18-19(12-17)22-23-20(18)21/h4-9,12,14H,10-11,13H2,1-3H3,(H3,21,22,23). The molecule has 0 unspecified atom stereocenters. The molecule has 1 heterocycles. The third-order valence-corrected chi connectivity index (χ3v) is 4.26. The SMILES string of the molecule is CC(C)CCN(C)Cc1ccc(Oc2ccc3c(N)n[nH]c3c2)cc1. The molecule has 0 bridgehead atoms. The van der Waals surface area contributed by atoms with Crippen LogP contribution in [0, 0.1) is 5.92 Å². The Hall–Kier alpha value is -2.53. The van der Waals surface area contributed by atoms with Crippen molar-refractivity contribution in [2.24, 2.45) is 5.92 Å². The van der Waals surface area contributed by atoms with Crippen molar-refractivity contribution in [1.82, 2.24) is 15.1 Å². The smallest absolute Gasteiger partial charge is 0.153 e. The van der Waals surface area contributed by atoms with Crippen LogP contribution in [-0.4, -0.2) is 28.7 Å². The van der Waals surface area contributed by atoms with Crippen LogP contribution in [0.1, 0.15) is 25.8 Å². The van der Waals surface area contributed by atoms with Crippen LogP contribution in [0.5, 0.6) is 11.5 Å². The first-order chi connectivity index (χ1) is 12.0. The summed E-state index contributed by atoms with van der Waals surface area (Å²) in [5, 5.41) is 7.81. The van der Waals surface area contributed by atoms with Crippen molar-refractivity contribution in [3.05, 3.63) is 48.0 Å². The van der Waals surface area contributed by atoms with Gasteiger partial charge in [-0.05, 0) is 55.8 Å². The molecule has 0 saturated heterocycles.